The first-order valence-electron chi connectivity index (χ1n) is 9.19. The van der Waals surface area contributed by atoms with Gasteiger partial charge in [-0.25, -0.2) is 14.4 Å². The minimum atomic E-state index is -0.398. The van der Waals surface area contributed by atoms with Gasteiger partial charge >= 0.3 is 0 Å². The lowest BCUT2D eigenvalue weighted by Crippen LogP contribution is -2.17. The van der Waals surface area contributed by atoms with Crippen molar-refractivity contribution in [3.05, 3.63) is 72.3 Å². The Kier molecular flexibility index (Phi) is 5.14. The first-order chi connectivity index (χ1) is 13.7. The second kappa shape index (κ2) is 8.04. The fraction of sp³-hybridized carbons (Fsp3) is 0.190. The van der Waals surface area contributed by atoms with E-state index in [1.165, 1.54) is 37.0 Å². The van der Waals surface area contributed by atoms with Crippen molar-refractivity contribution in [2.45, 2.75) is 12.8 Å². The minimum absolute atomic E-state index is 0.219. The van der Waals surface area contributed by atoms with Gasteiger partial charge in [-0.1, -0.05) is 12.1 Å². The van der Waals surface area contributed by atoms with Crippen LogP contribution in [0.25, 0.3) is 0 Å². The van der Waals surface area contributed by atoms with E-state index in [1.807, 2.05) is 24.3 Å². The highest BCUT2D eigenvalue weighted by Crippen LogP contribution is 2.22. The zero-order valence-corrected chi connectivity index (χ0v) is 15.2. The standard InChI is InChI=1S/C21H20FN5O/c22-18-5-1-2-6-19(18)26-21-23-13-15(14-24-21)20(28)25-16-7-9-17(10-8-16)27-11-3-4-12-27/h1-2,5-10,13-14H,3-4,11-12H2,(H,25,28)(H,23,24,26). The van der Waals surface area contributed by atoms with Crippen LogP contribution in [0.15, 0.2) is 60.9 Å². The van der Waals surface area contributed by atoms with Crippen molar-refractivity contribution in [2.75, 3.05) is 28.6 Å². The molecule has 0 spiro atoms. The Morgan fingerprint density at radius 3 is 2.32 bits per heavy atom. The molecule has 1 aromatic heterocycles. The van der Waals surface area contributed by atoms with E-state index in [2.05, 4.69) is 25.5 Å². The molecule has 3 aromatic rings. The molecular weight excluding hydrogens is 357 g/mol. The lowest BCUT2D eigenvalue weighted by atomic mass is 10.2. The number of aromatic nitrogens is 2. The predicted molar refractivity (Wildman–Crippen MR) is 108 cm³/mol. The lowest BCUT2D eigenvalue weighted by Gasteiger charge is -2.17. The van der Waals surface area contributed by atoms with E-state index in [9.17, 15) is 9.18 Å². The summed E-state index contributed by atoms with van der Waals surface area (Å²) in [5.74, 6) is -0.478. The maximum atomic E-state index is 13.7. The third-order valence-electron chi connectivity index (χ3n) is 4.63. The van der Waals surface area contributed by atoms with Gasteiger partial charge in [0.1, 0.15) is 5.82 Å². The molecule has 1 fully saturated rings. The molecule has 1 amide bonds. The summed E-state index contributed by atoms with van der Waals surface area (Å²) in [5.41, 5.74) is 2.48. The highest BCUT2D eigenvalue weighted by atomic mass is 19.1. The second-order valence-corrected chi connectivity index (χ2v) is 6.60. The number of anilines is 4. The van der Waals surface area contributed by atoms with E-state index >= 15 is 0 Å². The molecule has 2 N–H and O–H groups in total. The number of carbonyl (C=O) groups is 1. The largest absolute Gasteiger partial charge is 0.372 e. The SMILES string of the molecule is O=C(Nc1ccc(N2CCCC2)cc1)c1cnc(Nc2ccccc2F)nc1. The van der Waals surface area contributed by atoms with E-state index in [-0.39, 0.29) is 17.5 Å². The third kappa shape index (κ3) is 4.09. The second-order valence-electron chi connectivity index (χ2n) is 6.60. The van der Waals surface area contributed by atoms with Gasteiger partial charge in [0.25, 0.3) is 5.91 Å². The van der Waals surface area contributed by atoms with Gasteiger partial charge in [-0.3, -0.25) is 4.79 Å². The summed E-state index contributed by atoms with van der Waals surface area (Å²) in [4.78, 5) is 22.9. The molecule has 0 saturated carbocycles. The van der Waals surface area contributed by atoms with E-state index in [0.29, 0.717) is 11.3 Å². The zero-order valence-electron chi connectivity index (χ0n) is 15.2. The molecule has 7 heteroatoms. The van der Waals surface area contributed by atoms with Gasteiger partial charge in [0.05, 0.1) is 11.3 Å². The van der Waals surface area contributed by atoms with E-state index in [0.717, 1.165) is 13.1 Å². The Bertz CT molecular complexity index is 953. The molecule has 1 aliphatic heterocycles. The normalized spacial score (nSPS) is 13.4. The van der Waals surface area contributed by atoms with E-state index in [4.69, 9.17) is 0 Å². The van der Waals surface area contributed by atoms with Crippen molar-refractivity contribution in [3.63, 3.8) is 0 Å². The van der Waals surface area contributed by atoms with E-state index in [1.54, 1.807) is 18.2 Å². The molecule has 2 heterocycles. The number of para-hydroxylation sites is 1. The summed E-state index contributed by atoms with van der Waals surface area (Å²) in [5, 5.41) is 5.62. The van der Waals surface area contributed by atoms with Gasteiger partial charge in [-0.15, -0.1) is 0 Å². The summed E-state index contributed by atoms with van der Waals surface area (Å²) in [6.45, 7) is 2.16. The van der Waals surface area contributed by atoms with Crippen LogP contribution in [0.2, 0.25) is 0 Å². The topological polar surface area (TPSA) is 70.2 Å². The molecule has 0 unspecified atom stereocenters. The Hall–Kier alpha value is -3.48. The average Bonchev–Trinajstić information content (AvgIpc) is 3.26. The van der Waals surface area contributed by atoms with Crippen LogP contribution in [0.4, 0.5) is 27.4 Å². The molecule has 2 aromatic carbocycles. The summed E-state index contributed by atoms with van der Waals surface area (Å²) in [6, 6.07) is 14.1. The Morgan fingerprint density at radius 2 is 1.64 bits per heavy atom. The number of nitrogens with one attached hydrogen (secondary N) is 2. The molecule has 0 radical (unpaired) electrons. The monoisotopic (exact) mass is 377 g/mol. The number of hydrogen-bond acceptors (Lipinski definition) is 5. The fourth-order valence-electron chi connectivity index (χ4n) is 3.13. The first kappa shape index (κ1) is 17.9. The number of benzene rings is 2. The van der Waals surface area contributed by atoms with Crippen LogP contribution in [0, 0.1) is 5.82 Å². The maximum Gasteiger partial charge on any atom is 0.258 e. The van der Waals surface area contributed by atoms with Crippen LogP contribution in [0.1, 0.15) is 23.2 Å². The van der Waals surface area contributed by atoms with Gasteiger partial charge in [-0.2, -0.15) is 0 Å². The van der Waals surface area contributed by atoms with Crippen LogP contribution in [0.3, 0.4) is 0 Å². The maximum absolute atomic E-state index is 13.7. The van der Waals surface area contributed by atoms with Crippen LogP contribution in [-0.4, -0.2) is 29.0 Å². The van der Waals surface area contributed by atoms with Gasteiger partial charge < -0.3 is 15.5 Å². The van der Waals surface area contributed by atoms with Crippen molar-refractivity contribution in [1.82, 2.24) is 9.97 Å². The van der Waals surface area contributed by atoms with Crippen molar-refractivity contribution in [2.24, 2.45) is 0 Å². The molecule has 4 rings (SSSR count). The Labute approximate surface area is 162 Å². The number of amides is 1. The van der Waals surface area contributed by atoms with Crippen LogP contribution < -0.4 is 15.5 Å². The molecular formula is C21H20FN5O. The molecule has 1 saturated heterocycles. The molecule has 0 atom stereocenters. The van der Waals surface area contributed by atoms with Crippen molar-refractivity contribution in [3.8, 4) is 0 Å². The minimum Gasteiger partial charge on any atom is -0.372 e. The van der Waals surface area contributed by atoms with Crippen LogP contribution in [0.5, 0.6) is 0 Å². The van der Waals surface area contributed by atoms with Gasteiger partial charge in [0.2, 0.25) is 5.95 Å². The average molecular weight is 377 g/mol. The molecule has 28 heavy (non-hydrogen) atoms. The van der Waals surface area contributed by atoms with Gasteiger partial charge in [0.15, 0.2) is 0 Å². The third-order valence-corrected chi connectivity index (χ3v) is 4.63. The summed E-state index contributed by atoms with van der Waals surface area (Å²) in [6.07, 6.45) is 5.26. The highest BCUT2D eigenvalue weighted by molar-refractivity contribution is 6.04. The highest BCUT2D eigenvalue weighted by Gasteiger charge is 2.13. The van der Waals surface area contributed by atoms with E-state index < -0.39 is 5.82 Å². The number of hydrogen-bond donors (Lipinski definition) is 2. The summed E-state index contributed by atoms with van der Waals surface area (Å²) >= 11 is 0. The molecule has 1 aliphatic rings. The molecule has 0 bridgehead atoms. The zero-order chi connectivity index (χ0) is 19.3. The van der Waals surface area contributed by atoms with Crippen LogP contribution in [-0.2, 0) is 0 Å². The molecule has 6 nitrogen and oxygen atoms in total. The molecule has 0 aliphatic carbocycles. The fourth-order valence-corrected chi connectivity index (χ4v) is 3.13. The predicted octanol–water partition coefficient (Wildman–Crippen LogP) is 4.21. The number of nitrogens with zero attached hydrogens (tertiary/aromatic N) is 3. The van der Waals surface area contributed by atoms with Gasteiger partial charge in [0, 0.05) is 36.9 Å². The lowest BCUT2D eigenvalue weighted by molar-refractivity contribution is 0.102. The van der Waals surface area contributed by atoms with Crippen molar-refractivity contribution in [1.29, 1.82) is 0 Å². The van der Waals surface area contributed by atoms with Gasteiger partial charge in [-0.05, 0) is 49.2 Å². The smallest absolute Gasteiger partial charge is 0.258 e. The number of carbonyl (C=O) groups excluding carboxylic acids is 1. The first-order valence-corrected chi connectivity index (χ1v) is 9.19. The number of rotatable bonds is 5. The molecule has 142 valence electrons. The summed E-state index contributed by atoms with van der Waals surface area (Å²) in [7, 11) is 0. The van der Waals surface area contributed by atoms with Crippen molar-refractivity contribution >= 4 is 28.9 Å². The quantitative estimate of drug-likeness (QED) is 0.697. The number of halogens is 1. The Balaban J connectivity index is 1.38. The summed E-state index contributed by atoms with van der Waals surface area (Å²) < 4.78 is 13.7. The Morgan fingerprint density at radius 1 is 0.964 bits per heavy atom. The van der Waals surface area contributed by atoms with Crippen LogP contribution >= 0.6 is 0 Å². The van der Waals surface area contributed by atoms with Crippen molar-refractivity contribution < 1.29 is 9.18 Å².